The van der Waals surface area contributed by atoms with E-state index in [4.69, 9.17) is 17.2 Å². The van der Waals surface area contributed by atoms with Crippen LogP contribution >= 0.6 is 11.8 Å². The number of benzene rings is 2. The standard InChI is InChI=1S/C68H99N19O18S/c1-39(2)27-49(65(102)79-48(61(71)98)17-26-106-6)81-66(103)51(29-45-30-72-38-75-45)78-55(90)32-74-67(104)60(40(3)4)82-62(99)41(5)76-64(101)50(28-43-33-87(52-10-8-7-9-46(43)52)68(105)47(69)15-16-53(70)88)80-63(100)42-11-13-44(14-12-42)77-54(89)31-73-56(91)34-83-18-20-84(35-57(92)93)22-24-86(37-59(96)97)25-23-85(21-19-83)36-58(94)95/h7-14,30,33,38-41,47-51,60H,15-29,31-32,34-37,69H2,1-6H3,(H2,70,88)(H2,71,98)(H,72,75)(H,73,91)(H,74,104)(H,76,101)(H,77,89)(H,78,90)(H,79,102)(H,80,100)(H,81,103)(H,82,99)(H,92,93)(H,94,95)(H,96,97)/t41-,47-,48-,49-,50-,51-,60-/m0/s1. The zero-order chi connectivity index (χ0) is 78.3. The molecule has 0 radical (unpaired) electrons. The zero-order valence-electron chi connectivity index (χ0n) is 60.2. The molecule has 106 heavy (non-hydrogen) atoms. The van der Waals surface area contributed by atoms with Gasteiger partial charge in [-0.2, -0.15) is 11.8 Å². The molecule has 1 fully saturated rings. The van der Waals surface area contributed by atoms with Gasteiger partial charge in [-0.3, -0.25) is 96.1 Å². The van der Waals surface area contributed by atoms with Gasteiger partial charge < -0.3 is 85.4 Å². The summed E-state index contributed by atoms with van der Waals surface area (Å²) in [5, 5.41) is 52.5. The predicted molar refractivity (Wildman–Crippen MR) is 388 cm³/mol. The molecule has 1 saturated heterocycles. The molecule has 2 aromatic carbocycles. The number of anilines is 1. The Morgan fingerprint density at radius 1 is 0.575 bits per heavy atom. The summed E-state index contributed by atoms with van der Waals surface area (Å²) in [7, 11) is 0. The number of fused-ring (bicyclic) bond motifs is 1. The SMILES string of the molecule is CSCC[C@H](NC(=O)[C@H](CC(C)C)NC(=O)[C@H](Cc1cnc[nH]1)NC(=O)CNC(=O)[C@@H](NC(=O)[C@H](C)NC(=O)[C@H](Cc1cn(C(=O)[C@@H](N)CCC(N)=O)c2ccccc12)NC(=O)c1ccc(NC(=O)CNC(=O)CN2CCN(CC(=O)O)CCN(CC(=O)O)CCN(CC(=O)O)CC2)cc1)C(C)C)C(N)=O. The summed E-state index contributed by atoms with van der Waals surface area (Å²) in [4.78, 5) is 211. The van der Waals surface area contributed by atoms with Crippen molar-refractivity contribution in [3.8, 4) is 0 Å². The van der Waals surface area contributed by atoms with Crippen LogP contribution in [-0.2, 0) is 75.2 Å². The van der Waals surface area contributed by atoms with Gasteiger partial charge in [-0.25, -0.2) is 4.98 Å². The number of rotatable bonds is 40. The van der Waals surface area contributed by atoms with Gasteiger partial charge in [-0.15, -0.1) is 0 Å². The molecule has 0 unspecified atom stereocenters. The van der Waals surface area contributed by atoms with E-state index in [9.17, 15) is 87.2 Å². The highest BCUT2D eigenvalue weighted by Gasteiger charge is 2.34. The third-order valence-electron chi connectivity index (χ3n) is 17.0. The van der Waals surface area contributed by atoms with Crippen molar-refractivity contribution in [3.05, 3.63) is 84.1 Å². The lowest BCUT2D eigenvalue weighted by molar-refractivity contribution is -0.140. The van der Waals surface area contributed by atoms with Crippen LogP contribution < -0.4 is 65.1 Å². The highest BCUT2D eigenvalue weighted by atomic mass is 32.2. The van der Waals surface area contributed by atoms with Gasteiger partial charge in [-0.1, -0.05) is 45.9 Å². The molecule has 0 bridgehead atoms. The van der Waals surface area contributed by atoms with Crippen LogP contribution in [0.5, 0.6) is 0 Å². The van der Waals surface area contributed by atoms with Crippen molar-refractivity contribution in [2.75, 3.05) is 109 Å². The summed E-state index contributed by atoms with van der Waals surface area (Å²) >= 11 is 1.45. The number of nitrogens with zero attached hydrogens (tertiary/aromatic N) is 6. The Labute approximate surface area is 616 Å². The molecule has 1 aliphatic rings. The first-order valence-electron chi connectivity index (χ1n) is 34.4. The molecule has 0 saturated carbocycles. The van der Waals surface area contributed by atoms with E-state index in [1.54, 1.807) is 57.7 Å². The van der Waals surface area contributed by atoms with E-state index >= 15 is 0 Å². The number of hydrogen-bond donors (Lipinski definition) is 16. The van der Waals surface area contributed by atoms with Gasteiger partial charge in [0.2, 0.25) is 65.0 Å². The van der Waals surface area contributed by atoms with E-state index in [-0.39, 0.29) is 134 Å². The molecule has 11 amide bonds. The van der Waals surface area contributed by atoms with Crippen molar-refractivity contribution in [1.29, 1.82) is 0 Å². The molecule has 38 heteroatoms. The molecular formula is C68H99N19O18S. The van der Waals surface area contributed by atoms with Crippen LogP contribution in [0.15, 0.2) is 67.3 Å². The number of imidazole rings is 1. The molecular weight excluding hydrogens is 1400 g/mol. The number of thioether (sulfide) groups is 1. The van der Waals surface area contributed by atoms with E-state index in [0.717, 1.165) is 0 Å². The first-order valence-corrected chi connectivity index (χ1v) is 35.8. The molecule has 1 aliphatic heterocycles. The van der Waals surface area contributed by atoms with Crippen LogP contribution in [-0.4, -0.2) is 284 Å². The van der Waals surface area contributed by atoms with Gasteiger partial charge in [0.25, 0.3) is 5.91 Å². The maximum Gasteiger partial charge on any atom is 0.317 e. The van der Waals surface area contributed by atoms with Crippen LogP contribution in [0, 0.1) is 11.8 Å². The Hall–Kier alpha value is -10.4. The van der Waals surface area contributed by atoms with Crippen LogP contribution in [0.1, 0.15) is 86.7 Å². The summed E-state index contributed by atoms with van der Waals surface area (Å²) in [6, 6.07) is 3.10. The lowest BCUT2D eigenvalue weighted by Crippen LogP contribution is -2.59. The summed E-state index contributed by atoms with van der Waals surface area (Å²) in [6.45, 7) is 6.91. The number of para-hydroxylation sites is 1. The molecule has 4 aromatic rings. The number of aromatic nitrogens is 3. The van der Waals surface area contributed by atoms with Crippen molar-refractivity contribution in [2.45, 2.75) is 115 Å². The topological polar surface area (TPSA) is 550 Å². The average Bonchev–Trinajstić information content (AvgIpc) is 1.63. The second-order valence-electron chi connectivity index (χ2n) is 26.4. The second kappa shape index (κ2) is 43.1. The number of carbonyl (C=O) groups is 15. The number of amides is 11. The fraction of sp³-hybridized carbons (Fsp3) is 0.529. The van der Waals surface area contributed by atoms with E-state index in [1.165, 1.54) is 66.2 Å². The zero-order valence-corrected chi connectivity index (χ0v) is 61.0. The van der Waals surface area contributed by atoms with Gasteiger partial charge in [0.1, 0.15) is 36.3 Å². The molecule has 19 N–H and O–H groups in total. The first-order chi connectivity index (χ1) is 50.2. The van der Waals surface area contributed by atoms with Crippen LogP contribution in [0.3, 0.4) is 0 Å². The van der Waals surface area contributed by atoms with Crippen LogP contribution in [0.25, 0.3) is 10.9 Å². The van der Waals surface area contributed by atoms with Crippen molar-refractivity contribution in [2.24, 2.45) is 29.0 Å². The summed E-state index contributed by atoms with van der Waals surface area (Å²) in [5.74, 6) is -12.6. The van der Waals surface area contributed by atoms with Gasteiger partial charge >= 0.3 is 17.9 Å². The van der Waals surface area contributed by atoms with Crippen molar-refractivity contribution >= 4 is 117 Å². The number of nitrogens with one attached hydrogen (secondary N) is 10. The lowest BCUT2D eigenvalue weighted by Gasteiger charge is -2.32. The van der Waals surface area contributed by atoms with Gasteiger partial charge in [0, 0.05) is 106 Å². The number of H-pyrrole nitrogens is 1. The Kier molecular flexibility index (Phi) is 35.1. The van der Waals surface area contributed by atoms with Gasteiger partial charge in [0.15, 0.2) is 0 Å². The number of hydrogen-bond acceptors (Lipinski definition) is 22. The van der Waals surface area contributed by atoms with Crippen LogP contribution in [0.2, 0.25) is 0 Å². The minimum Gasteiger partial charge on any atom is -0.480 e. The predicted octanol–water partition coefficient (Wildman–Crippen LogP) is -3.79. The monoisotopic (exact) mass is 1500 g/mol. The summed E-state index contributed by atoms with van der Waals surface area (Å²) in [5.41, 5.74) is 18.4. The van der Waals surface area contributed by atoms with E-state index in [2.05, 4.69) is 57.8 Å². The fourth-order valence-corrected chi connectivity index (χ4v) is 11.8. The van der Waals surface area contributed by atoms with E-state index in [1.807, 2.05) is 20.1 Å². The molecule has 2 aromatic heterocycles. The number of aromatic amines is 1. The first kappa shape index (κ1) is 86.2. The van der Waals surface area contributed by atoms with Crippen molar-refractivity contribution in [3.63, 3.8) is 0 Å². The molecule has 580 valence electrons. The van der Waals surface area contributed by atoms with Gasteiger partial charge in [0.05, 0.1) is 57.2 Å². The van der Waals surface area contributed by atoms with E-state index in [0.29, 0.717) is 27.9 Å². The number of aliphatic carboxylic acids is 3. The second-order valence-corrected chi connectivity index (χ2v) is 27.4. The normalized spacial score (nSPS) is 15.5. The molecule has 3 heterocycles. The van der Waals surface area contributed by atoms with Crippen molar-refractivity contribution < 1.29 is 87.2 Å². The highest BCUT2D eigenvalue weighted by molar-refractivity contribution is 7.98. The third kappa shape index (κ3) is 29.6. The molecule has 7 atom stereocenters. The lowest BCUT2D eigenvalue weighted by atomic mass is 10.0. The number of primary amides is 2. The molecule has 37 nitrogen and oxygen atoms in total. The Balaban J connectivity index is 1.28. The number of carbonyl (C=O) groups excluding carboxylic acids is 12. The maximum atomic E-state index is 14.6. The minimum atomic E-state index is -1.52. The highest BCUT2D eigenvalue weighted by Crippen LogP contribution is 2.24. The molecule has 0 aliphatic carbocycles. The fourth-order valence-electron chi connectivity index (χ4n) is 11.3. The van der Waals surface area contributed by atoms with Crippen LogP contribution in [0.4, 0.5) is 5.69 Å². The average molecular weight is 1500 g/mol. The Morgan fingerprint density at radius 3 is 1.64 bits per heavy atom. The maximum absolute atomic E-state index is 14.6. The smallest absolute Gasteiger partial charge is 0.317 e. The third-order valence-corrected chi connectivity index (χ3v) is 17.7. The number of carboxylic acids is 3. The molecule has 5 rings (SSSR count). The number of nitrogens with two attached hydrogens (primary N) is 3. The number of carboxylic acid groups (broad SMARTS) is 3. The summed E-state index contributed by atoms with van der Waals surface area (Å²) < 4.78 is 1.25. The Bertz CT molecular complexity index is 3690. The Morgan fingerprint density at radius 2 is 1.11 bits per heavy atom. The largest absolute Gasteiger partial charge is 0.480 e. The minimum absolute atomic E-state index is 0.0234. The van der Waals surface area contributed by atoms with Gasteiger partial charge in [-0.05, 0) is 85.9 Å². The van der Waals surface area contributed by atoms with Crippen molar-refractivity contribution in [1.82, 2.24) is 76.7 Å². The summed E-state index contributed by atoms with van der Waals surface area (Å²) in [6.07, 6.45) is 5.73. The molecule has 0 spiro atoms. The van der Waals surface area contributed by atoms with E-state index < -0.39 is 150 Å². The quantitative estimate of drug-likeness (QED) is 0.0203.